The maximum absolute atomic E-state index is 6.03. The van der Waals surface area contributed by atoms with Gasteiger partial charge in [-0.1, -0.05) is 13.3 Å². The molecule has 1 heterocycles. The predicted octanol–water partition coefficient (Wildman–Crippen LogP) is 3.12. The van der Waals surface area contributed by atoms with E-state index in [1.54, 1.807) is 0 Å². The average molecular weight is 221 g/mol. The smallest absolute Gasteiger partial charge is 0.122 e. The van der Waals surface area contributed by atoms with Gasteiger partial charge in [-0.2, -0.15) is 5.10 Å². The number of nitrogens with zero attached hydrogens (tertiary/aromatic N) is 2. The maximum Gasteiger partial charge on any atom is 0.122 e. The Morgan fingerprint density at radius 1 is 1.38 bits per heavy atom. The Balaban J connectivity index is 2.24. The molecule has 2 atom stereocenters. The molecule has 0 bridgehead atoms. The topological polar surface area (TPSA) is 43.8 Å². The lowest BCUT2D eigenvalue weighted by Crippen LogP contribution is -2.24. The lowest BCUT2D eigenvalue weighted by molar-refractivity contribution is 0.357. The number of rotatable bonds is 1. The first-order chi connectivity index (χ1) is 7.38. The molecule has 3 heteroatoms. The summed E-state index contributed by atoms with van der Waals surface area (Å²) >= 11 is 0. The summed E-state index contributed by atoms with van der Waals surface area (Å²) in [5.41, 5.74) is 7.20. The molecule has 1 fully saturated rings. The van der Waals surface area contributed by atoms with E-state index >= 15 is 0 Å². The predicted molar refractivity (Wildman–Crippen MR) is 67.4 cm³/mol. The largest absolute Gasteiger partial charge is 0.384 e. The molecular formula is C13H23N3. The van der Waals surface area contributed by atoms with E-state index in [0.717, 1.165) is 11.7 Å². The Kier molecular flexibility index (Phi) is 2.72. The summed E-state index contributed by atoms with van der Waals surface area (Å²) in [6.07, 6.45) is 3.86. The van der Waals surface area contributed by atoms with E-state index in [1.807, 2.05) is 4.68 Å². The summed E-state index contributed by atoms with van der Waals surface area (Å²) in [4.78, 5) is 0. The van der Waals surface area contributed by atoms with E-state index < -0.39 is 0 Å². The van der Waals surface area contributed by atoms with E-state index in [0.29, 0.717) is 5.92 Å². The van der Waals surface area contributed by atoms with Gasteiger partial charge in [0.05, 0.1) is 11.2 Å². The highest BCUT2D eigenvalue weighted by Crippen LogP contribution is 2.38. The van der Waals surface area contributed by atoms with Gasteiger partial charge >= 0.3 is 0 Å². The van der Waals surface area contributed by atoms with Crippen molar-refractivity contribution in [2.24, 2.45) is 5.92 Å². The van der Waals surface area contributed by atoms with Crippen molar-refractivity contribution in [2.75, 3.05) is 5.73 Å². The Morgan fingerprint density at radius 2 is 2.06 bits per heavy atom. The van der Waals surface area contributed by atoms with Crippen LogP contribution in [0.3, 0.4) is 0 Å². The van der Waals surface area contributed by atoms with Crippen molar-refractivity contribution < 1.29 is 0 Å². The van der Waals surface area contributed by atoms with Gasteiger partial charge in [0.25, 0.3) is 0 Å². The molecule has 1 aliphatic carbocycles. The summed E-state index contributed by atoms with van der Waals surface area (Å²) in [6.45, 7) is 8.73. The van der Waals surface area contributed by atoms with E-state index in [2.05, 4.69) is 38.9 Å². The van der Waals surface area contributed by atoms with Crippen LogP contribution in [0.1, 0.15) is 58.6 Å². The Hall–Kier alpha value is -0.990. The number of aromatic nitrogens is 2. The first-order valence-electron chi connectivity index (χ1n) is 6.24. The van der Waals surface area contributed by atoms with Crippen LogP contribution in [0.15, 0.2) is 6.07 Å². The first-order valence-corrected chi connectivity index (χ1v) is 6.24. The van der Waals surface area contributed by atoms with Crippen LogP contribution in [0.4, 0.5) is 5.82 Å². The van der Waals surface area contributed by atoms with E-state index in [9.17, 15) is 0 Å². The zero-order valence-electron chi connectivity index (χ0n) is 10.8. The summed E-state index contributed by atoms with van der Waals surface area (Å²) in [5, 5.41) is 4.69. The molecule has 1 aromatic rings. The van der Waals surface area contributed by atoms with Gasteiger partial charge in [0.2, 0.25) is 0 Å². The first kappa shape index (κ1) is 11.5. The summed E-state index contributed by atoms with van der Waals surface area (Å²) in [7, 11) is 0. The van der Waals surface area contributed by atoms with Gasteiger partial charge < -0.3 is 5.73 Å². The van der Waals surface area contributed by atoms with Crippen LogP contribution < -0.4 is 5.73 Å². The molecule has 0 amide bonds. The second-order valence-electron chi connectivity index (χ2n) is 6.19. The fourth-order valence-electron chi connectivity index (χ4n) is 2.63. The quantitative estimate of drug-likeness (QED) is 0.791. The summed E-state index contributed by atoms with van der Waals surface area (Å²) < 4.78 is 1.95. The van der Waals surface area contributed by atoms with Gasteiger partial charge in [0.1, 0.15) is 5.82 Å². The van der Waals surface area contributed by atoms with Gasteiger partial charge in [-0.25, -0.2) is 4.68 Å². The second-order valence-corrected chi connectivity index (χ2v) is 6.19. The van der Waals surface area contributed by atoms with Crippen molar-refractivity contribution in [3.8, 4) is 0 Å². The van der Waals surface area contributed by atoms with Gasteiger partial charge in [0, 0.05) is 12.0 Å². The Morgan fingerprint density at radius 3 is 2.50 bits per heavy atom. The van der Waals surface area contributed by atoms with Crippen molar-refractivity contribution >= 4 is 5.82 Å². The SMILES string of the molecule is CC1CCC(c2cc(N)n(C(C)(C)C)n2)C1. The fraction of sp³-hybridized carbons (Fsp3) is 0.769. The van der Waals surface area contributed by atoms with Gasteiger partial charge in [0.15, 0.2) is 0 Å². The van der Waals surface area contributed by atoms with Crippen LogP contribution in [-0.4, -0.2) is 9.78 Å². The molecule has 1 saturated carbocycles. The highest BCUT2D eigenvalue weighted by molar-refractivity contribution is 5.33. The molecule has 2 unspecified atom stereocenters. The van der Waals surface area contributed by atoms with Crippen LogP contribution in [0.5, 0.6) is 0 Å². The van der Waals surface area contributed by atoms with Crippen LogP contribution in [-0.2, 0) is 5.54 Å². The molecule has 3 nitrogen and oxygen atoms in total. The highest BCUT2D eigenvalue weighted by atomic mass is 15.3. The molecule has 1 aromatic heterocycles. The van der Waals surface area contributed by atoms with E-state index in [4.69, 9.17) is 5.73 Å². The van der Waals surface area contributed by atoms with E-state index in [1.165, 1.54) is 25.0 Å². The van der Waals surface area contributed by atoms with Crippen molar-refractivity contribution in [3.63, 3.8) is 0 Å². The van der Waals surface area contributed by atoms with Gasteiger partial charge in [-0.05, 0) is 39.5 Å². The summed E-state index contributed by atoms with van der Waals surface area (Å²) in [6, 6.07) is 2.06. The van der Waals surface area contributed by atoms with E-state index in [-0.39, 0.29) is 5.54 Å². The molecule has 2 N–H and O–H groups in total. The molecule has 0 saturated heterocycles. The second kappa shape index (κ2) is 3.79. The highest BCUT2D eigenvalue weighted by Gasteiger charge is 2.27. The molecule has 0 spiro atoms. The zero-order valence-corrected chi connectivity index (χ0v) is 10.8. The average Bonchev–Trinajstić information content (AvgIpc) is 2.70. The van der Waals surface area contributed by atoms with Gasteiger partial charge in [-0.3, -0.25) is 0 Å². The van der Waals surface area contributed by atoms with Gasteiger partial charge in [-0.15, -0.1) is 0 Å². The van der Waals surface area contributed by atoms with Crippen LogP contribution in [0, 0.1) is 5.92 Å². The van der Waals surface area contributed by atoms with Crippen molar-refractivity contribution in [3.05, 3.63) is 11.8 Å². The minimum Gasteiger partial charge on any atom is -0.384 e. The monoisotopic (exact) mass is 221 g/mol. The lowest BCUT2D eigenvalue weighted by atomic mass is 10.0. The summed E-state index contributed by atoms with van der Waals surface area (Å²) in [5.74, 6) is 2.26. The normalized spacial score (nSPS) is 26.2. The number of nitrogens with two attached hydrogens (primary N) is 1. The zero-order chi connectivity index (χ0) is 11.9. The number of hydrogen-bond acceptors (Lipinski definition) is 2. The molecule has 0 aliphatic heterocycles. The molecular weight excluding hydrogens is 198 g/mol. The van der Waals surface area contributed by atoms with Crippen LogP contribution in [0.25, 0.3) is 0 Å². The van der Waals surface area contributed by atoms with Crippen molar-refractivity contribution in [1.82, 2.24) is 9.78 Å². The molecule has 0 aromatic carbocycles. The van der Waals surface area contributed by atoms with Crippen molar-refractivity contribution in [1.29, 1.82) is 0 Å². The Bertz CT molecular complexity index is 373. The standard InChI is InChI=1S/C13H23N3/c1-9-5-6-10(7-9)11-8-12(14)16(15-11)13(2,3)4/h8-10H,5-7,14H2,1-4H3. The van der Waals surface area contributed by atoms with Crippen LogP contribution >= 0.6 is 0 Å². The number of hydrogen-bond donors (Lipinski definition) is 1. The number of nitrogen functional groups attached to an aromatic ring is 1. The third kappa shape index (κ3) is 2.08. The lowest BCUT2D eigenvalue weighted by Gasteiger charge is -2.20. The third-order valence-corrected chi connectivity index (χ3v) is 3.50. The molecule has 90 valence electrons. The molecule has 1 aliphatic rings. The third-order valence-electron chi connectivity index (χ3n) is 3.50. The number of anilines is 1. The fourth-order valence-corrected chi connectivity index (χ4v) is 2.63. The van der Waals surface area contributed by atoms with Crippen molar-refractivity contribution in [2.45, 2.75) is 58.4 Å². The minimum absolute atomic E-state index is 0.0213. The maximum atomic E-state index is 6.03. The molecule has 2 rings (SSSR count). The molecule has 0 radical (unpaired) electrons. The Labute approximate surface area is 98.0 Å². The van der Waals surface area contributed by atoms with Crippen LogP contribution in [0.2, 0.25) is 0 Å². The molecule has 16 heavy (non-hydrogen) atoms. The minimum atomic E-state index is -0.0213.